The van der Waals surface area contributed by atoms with Gasteiger partial charge in [-0.3, -0.25) is 0 Å². The van der Waals surface area contributed by atoms with E-state index in [9.17, 15) is 0 Å². The second kappa shape index (κ2) is 4.68. The summed E-state index contributed by atoms with van der Waals surface area (Å²) in [5, 5.41) is 0. The first kappa shape index (κ1) is 11.2. The Morgan fingerprint density at radius 3 is 2.69 bits per heavy atom. The highest BCUT2D eigenvalue weighted by atomic mass is 15.2. The van der Waals surface area contributed by atoms with E-state index in [2.05, 4.69) is 28.7 Å². The molecule has 0 aromatic carbocycles. The molecule has 0 atom stereocenters. The molecule has 2 N–H and O–H groups in total. The first-order valence-corrected chi connectivity index (χ1v) is 6.13. The van der Waals surface area contributed by atoms with Crippen LogP contribution in [0.15, 0.2) is 6.33 Å². The van der Waals surface area contributed by atoms with Crippen LogP contribution in [0, 0.1) is 0 Å². The van der Waals surface area contributed by atoms with Gasteiger partial charge in [0.25, 0.3) is 0 Å². The Morgan fingerprint density at radius 1 is 1.38 bits per heavy atom. The van der Waals surface area contributed by atoms with Crippen LogP contribution in [0.1, 0.15) is 38.7 Å². The number of aromatic nitrogens is 2. The minimum atomic E-state index is 0.644. The van der Waals surface area contributed by atoms with Crippen LogP contribution in [0.4, 0.5) is 11.6 Å². The number of nitrogen functional groups attached to an aromatic ring is 1. The SMILES string of the molecule is CCCc1c(N)ncnc1N(CC)C1CC1. The minimum Gasteiger partial charge on any atom is -0.383 e. The lowest BCUT2D eigenvalue weighted by Crippen LogP contribution is -2.27. The van der Waals surface area contributed by atoms with Crippen molar-refractivity contribution in [2.24, 2.45) is 0 Å². The highest BCUT2D eigenvalue weighted by Gasteiger charge is 2.30. The van der Waals surface area contributed by atoms with E-state index in [-0.39, 0.29) is 0 Å². The van der Waals surface area contributed by atoms with E-state index >= 15 is 0 Å². The van der Waals surface area contributed by atoms with Crippen molar-refractivity contribution in [2.75, 3.05) is 17.2 Å². The molecule has 4 heteroatoms. The van der Waals surface area contributed by atoms with E-state index in [1.807, 2.05) is 0 Å². The predicted molar refractivity (Wildman–Crippen MR) is 66.5 cm³/mol. The van der Waals surface area contributed by atoms with Gasteiger partial charge >= 0.3 is 0 Å². The zero-order chi connectivity index (χ0) is 11.5. The fraction of sp³-hybridized carbons (Fsp3) is 0.667. The van der Waals surface area contributed by atoms with Crippen LogP contribution in [-0.2, 0) is 6.42 Å². The molecule has 0 aliphatic heterocycles. The average molecular weight is 220 g/mol. The van der Waals surface area contributed by atoms with E-state index in [0.29, 0.717) is 11.9 Å². The van der Waals surface area contributed by atoms with E-state index in [1.54, 1.807) is 6.33 Å². The van der Waals surface area contributed by atoms with Gasteiger partial charge in [0.2, 0.25) is 0 Å². The number of nitrogens with two attached hydrogens (primary N) is 1. The predicted octanol–water partition coefficient (Wildman–Crippen LogP) is 2.00. The maximum atomic E-state index is 5.94. The van der Waals surface area contributed by atoms with Gasteiger partial charge in [0.05, 0.1) is 0 Å². The van der Waals surface area contributed by atoms with Crippen molar-refractivity contribution in [2.45, 2.75) is 45.6 Å². The molecule has 0 saturated heterocycles. The number of anilines is 2. The lowest BCUT2D eigenvalue weighted by molar-refractivity contribution is 0.785. The third-order valence-electron chi connectivity index (χ3n) is 3.06. The Morgan fingerprint density at radius 2 is 2.12 bits per heavy atom. The molecule has 1 aliphatic carbocycles. The maximum Gasteiger partial charge on any atom is 0.137 e. The summed E-state index contributed by atoms with van der Waals surface area (Å²) >= 11 is 0. The molecule has 1 aromatic heterocycles. The van der Waals surface area contributed by atoms with Gasteiger partial charge in [-0.2, -0.15) is 0 Å². The van der Waals surface area contributed by atoms with Crippen LogP contribution < -0.4 is 10.6 Å². The Labute approximate surface area is 96.9 Å². The molecular weight excluding hydrogens is 200 g/mol. The van der Waals surface area contributed by atoms with E-state index < -0.39 is 0 Å². The summed E-state index contributed by atoms with van der Waals surface area (Å²) in [5.74, 6) is 1.70. The topological polar surface area (TPSA) is 55.0 Å². The standard InChI is InChI=1S/C12H20N4/c1-3-5-10-11(13)14-8-15-12(10)16(4-2)9-6-7-9/h8-9H,3-7H2,1-2H3,(H2,13,14,15). The fourth-order valence-corrected chi connectivity index (χ4v) is 2.12. The number of rotatable bonds is 5. The summed E-state index contributed by atoms with van der Waals surface area (Å²) < 4.78 is 0. The second-order valence-electron chi connectivity index (χ2n) is 4.33. The van der Waals surface area contributed by atoms with E-state index in [4.69, 9.17) is 5.73 Å². The molecule has 1 heterocycles. The second-order valence-corrected chi connectivity index (χ2v) is 4.33. The number of nitrogens with zero attached hydrogens (tertiary/aromatic N) is 3. The van der Waals surface area contributed by atoms with Gasteiger partial charge in [-0.05, 0) is 26.2 Å². The smallest absolute Gasteiger partial charge is 0.137 e. The van der Waals surface area contributed by atoms with Crippen LogP contribution >= 0.6 is 0 Å². The molecule has 0 unspecified atom stereocenters. The molecule has 88 valence electrons. The molecule has 0 bridgehead atoms. The van der Waals surface area contributed by atoms with Crippen LogP contribution in [0.5, 0.6) is 0 Å². The average Bonchev–Trinajstić information content (AvgIpc) is 3.08. The summed E-state index contributed by atoms with van der Waals surface area (Å²) in [6.07, 6.45) is 6.18. The van der Waals surface area contributed by atoms with Crippen LogP contribution in [0.25, 0.3) is 0 Å². The van der Waals surface area contributed by atoms with Crippen molar-refractivity contribution in [1.82, 2.24) is 9.97 Å². The summed E-state index contributed by atoms with van der Waals surface area (Å²) in [6, 6.07) is 0.676. The van der Waals surface area contributed by atoms with Gasteiger partial charge in [-0.25, -0.2) is 9.97 Å². The molecule has 0 amide bonds. The van der Waals surface area contributed by atoms with Gasteiger partial charge in [-0.15, -0.1) is 0 Å². The molecule has 16 heavy (non-hydrogen) atoms. The van der Waals surface area contributed by atoms with Crippen molar-refractivity contribution in [3.05, 3.63) is 11.9 Å². The first-order valence-electron chi connectivity index (χ1n) is 6.13. The van der Waals surface area contributed by atoms with Gasteiger partial charge in [-0.1, -0.05) is 13.3 Å². The first-order chi connectivity index (χ1) is 7.77. The quantitative estimate of drug-likeness (QED) is 0.824. The Hall–Kier alpha value is -1.32. The Balaban J connectivity index is 2.33. The van der Waals surface area contributed by atoms with Crippen LogP contribution in [-0.4, -0.2) is 22.6 Å². The molecule has 0 radical (unpaired) electrons. The normalized spacial score (nSPS) is 15.1. The monoisotopic (exact) mass is 220 g/mol. The maximum absolute atomic E-state index is 5.94. The fourth-order valence-electron chi connectivity index (χ4n) is 2.12. The largest absolute Gasteiger partial charge is 0.383 e. The number of hydrogen-bond acceptors (Lipinski definition) is 4. The third-order valence-corrected chi connectivity index (χ3v) is 3.06. The Bertz CT molecular complexity index is 360. The third kappa shape index (κ3) is 2.10. The van der Waals surface area contributed by atoms with Crippen molar-refractivity contribution in [3.8, 4) is 0 Å². The van der Waals surface area contributed by atoms with Gasteiger partial charge in [0.15, 0.2) is 0 Å². The minimum absolute atomic E-state index is 0.644. The molecule has 2 rings (SSSR count). The summed E-state index contributed by atoms with van der Waals surface area (Å²) in [7, 11) is 0. The van der Waals surface area contributed by atoms with Gasteiger partial charge in [0, 0.05) is 18.2 Å². The van der Waals surface area contributed by atoms with Crippen molar-refractivity contribution in [3.63, 3.8) is 0 Å². The highest BCUT2D eigenvalue weighted by molar-refractivity contribution is 5.57. The van der Waals surface area contributed by atoms with Crippen molar-refractivity contribution >= 4 is 11.6 Å². The molecular formula is C12H20N4. The van der Waals surface area contributed by atoms with Crippen LogP contribution in [0.2, 0.25) is 0 Å². The van der Waals surface area contributed by atoms with E-state index in [0.717, 1.165) is 30.8 Å². The summed E-state index contributed by atoms with van der Waals surface area (Å²) in [5.41, 5.74) is 7.07. The summed E-state index contributed by atoms with van der Waals surface area (Å²) in [6.45, 7) is 5.33. The zero-order valence-electron chi connectivity index (χ0n) is 10.1. The van der Waals surface area contributed by atoms with Crippen molar-refractivity contribution in [1.29, 1.82) is 0 Å². The number of hydrogen-bond donors (Lipinski definition) is 1. The molecule has 1 fully saturated rings. The molecule has 1 saturated carbocycles. The van der Waals surface area contributed by atoms with Gasteiger partial charge in [0.1, 0.15) is 18.0 Å². The molecule has 1 aromatic rings. The molecule has 4 nitrogen and oxygen atoms in total. The van der Waals surface area contributed by atoms with Crippen molar-refractivity contribution < 1.29 is 0 Å². The molecule has 1 aliphatic rings. The lowest BCUT2D eigenvalue weighted by atomic mass is 10.1. The zero-order valence-corrected chi connectivity index (χ0v) is 10.1. The summed E-state index contributed by atoms with van der Waals surface area (Å²) in [4.78, 5) is 10.9. The van der Waals surface area contributed by atoms with E-state index in [1.165, 1.54) is 12.8 Å². The van der Waals surface area contributed by atoms with Gasteiger partial charge < -0.3 is 10.6 Å². The Kier molecular flexibility index (Phi) is 3.27. The molecule has 0 spiro atoms. The van der Waals surface area contributed by atoms with Crippen LogP contribution in [0.3, 0.4) is 0 Å². The highest BCUT2D eigenvalue weighted by Crippen LogP contribution is 2.33. The lowest BCUT2D eigenvalue weighted by Gasteiger charge is -2.24.